The second-order valence-electron chi connectivity index (χ2n) is 6.36. The molecule has 0 aliphatic heterocycles. The standard InChI is InChI=1S/C20H19FN2O4/c1-11-9-15(24)19-16(8-7-14(21)18(11)19)27-10-17(25)23-13-5-3-12(4-6-13)20(26)22-2/h3-8,11H,9-10H2,1-2H3,(H,22,26)(H,23,25)/t11-/m0/s1. The maximum absolute atomic E-state index is 14.0. The van der Waals surface area contributed by atoms with E-state index >= 15 is 0 Å². The fraction of sp³-hybridized carbons (Fsp3) is 0.250. The van der Waals surface area contributed by atoms with Crippen LogP contribution in [0.1, 0.15) is 45.5 Å². The van der Waals surface area contributed by atoms with Gasteiger partial charge in [-0.1, -0.05) is 6.92 Å². The molecule has 0 unspecified atom stereocenters. The van der Waals surface area contributed by atoms with Gasteiger partial charge < -0.3 is 15.4 Å². The van der Waals surface area contributed by atoms with Crippen LogP contribution in [-0.4, -0.2) is 31.3 Å². The molecule has 0 bridgehead atoms. The molecule has 0 saturated carbocycles. The molecular formula is C20H19FN2O4. The van der Waals surface area contributed by atoms with Gasteiger partial charge in [0.15, 0.2) is 12.4 Å². The van der Waals surface area contributed by atoms with Crippen molar-refractivity contribution in [2.24, 2.45) is 0 Å². The molecule has 0 spiro atoms. The van der Waals surface area contributed by atoms with Crippen molar-refractivity contribution < 1.29 is 23.5 Å². The Labute approximate surface area is 155 Å². The summed E-state index contributed by atoms with van der Waals surface area (Å²) in [5, 5.41) is 5.15. The van der Waals surface area contributed by atoms with Gasteiger partial charge >= 0.3 is 0 Å². The van der Waals surface area contributed by atoms with Crippen LogP contribution in [0.25, 0.3) is 0 Å². The molecule has 2 N–H and O–H groups in total. The van der Waals surface area contributed by atoms with Gasteiger partial charge in [-0.25, -0.2) is 4.39 Å². The Bertz CT molecular complexity index is 909. The van der Waals surface area contributed by atoms with Gasteiger partial charge in [0, 0.05) is 30.3 Å². The largest absolute Gasteiger partial charge is 0.483 e. The molecule has 27 heavy (non-hydrogen) atoms. The second kappa shape index (κ2) is 7.57. The summed E-state index contributed by atoms with van der Waals surface area (Å²) in [6.07, 6.45) is 0.233. The summed E-state index contributed by atoms with van der Waals surface area (Å²) in [7, 11) is 1.53. The lowest BCUT2D eigenvalue weighted by Crippen LogP contribution is -2.21. The van der Waals surface area contributed by atoms with Crippen LogP contribution >= 0.6 is 0 Å². The third-order valence-corrected chi connectivity index (χ3v) is 4.43. The van der Waals surface area contributed by atoms with E-state index in [2.05, 4.69) is 10.6 Å². The number of carbonyl (C=O) groups is 3. The van der Waals surface area contributed by atoms with Gasteiger partial charge in [-0.15, -0.1) is 0 Å². The molecule has 3 rings (SSSR count). The van der Waals surface area contributed by atoms with Gasteiger partial charge in [0.25, 0.3) is 11.8 Å². The van der Waals surface area contributed by atoms with Crippen molar-refractivity contribution in [2.75, 3.05) is 19.0 Å². The molecule has 0 fully saturated rings. The van der Waals surface area contributed by atoms with E-state index < -0.39 is 11.7 Å². The molecule has 0 saturated heterocycles. The Morgan fingerprint density at radius 1 is 1.19 bits per heavy atom. The second-order valence-corrected chi connectivity index (χ2v) is 6.36. The highest BCUT2D eigenvalue weighted by atomic mass is 19.1. The number of Topliss-reactive ketones (excluding diaryl/α,β-unsaturated/α-hetero) is 1. The summed E-state index contributed by atoms with van der Waals surface area (Å²) in [6.45, 7) is 1.46. The highest BCUT2D eigenvalue weighted by Crippen LogP contribution is 2.39. The van der Waals surface area contributed by atoms with Crippen molar-refractivity contribution in [3.8, 4) is 5.75 Å². The molecule has 0 heterocycles. The molecule has 0 aromatic heterocycles. The van der Waals surface area contributed by atoms with Crippen molar-refractivity contribution >= 4 is 23.3 Å². The van der Waals surface area contributed by atoms with Crippen LogP contribution in [0.3, 0.4) is 0 Å². The van der Waals surface area contributed by atoms with E-state index in [0.29, 0.717) is 16.8 Å². The maximum atomic E-state index is 14.0. The first-order valence-electron chi connectivity index (χ1n) is 8.51. The predicted molar refractivity (Wildman–Crippen MR) is 97.7 cm³/mol. The first-order valence-corrected chi connectivity index (χ1v) is 8.51. The highest BCUT2D eigenvalue weighted by molar-refractivity contribution is 6.04. The molecule has 7 heteroatoms. The zero-order valence-corrected chi connectivity index (χ0v) is 15.0. The summed E-state index contributed by atoms with van der Waals surface area (Å²) < 4.78 is 19.5. The van der Waals surface area contributed by atoms with Crippen LogP contribution in [0.5, 0.6) is 5.75 Å². The zero-order chi connectivity index (χ0) is 19.6. The van der Waals surface area contributed by atoms with Crippen LogP contribution in [0, 0.1) is 5.82 Å². The van der Waals surface area contributed by atoms with Crippen LogP contribution < -0.4 is 15.4 Å². The Balaban J connectivity index is 1.65. The smallest absolute Gasteiger partial charge is 0.262 e. The van der Waals surface area contributed by atoms with Gasteiger partial charge in [-0.3, -0.25) is 14.4 Å². The number of ketones is 1. The molecule has 2 aromatic carbocycles. The summed E-state index contributed by atoms with van der Waals surface area (Å²) in [4.78, 5) is 35.7. The number of ether oxygens (including phenoxy) is 1. The molecule has 2 aromatic rings. The minimum Gasteiger partial charge on any atom is -0.483 e. The van der Waals surface area contributed by atoms with Crippen molar-refractivity contribution in [2.45, 2.75) is 19.3 Å². The number of fused-ring (bicyclic) bond motifs is 1. The van der Waals surface area contributed by atoms with Crippen molar-refractivity contribution in [1.29, 1.82) is 0 Å². The van der Waals surface area contributed by atoms with Gasteiger partial charge in [0.05, 0.1) is 5.56 Å². The minimum absolute atomic E-state index is 0.183. The summed E-state index contributed by atoms with van der Waals surface area (Å²) in [6, 6.07) is 8.99. The number of hydrogen-bond donors (Lipinski definition) is 2. The lowest BCUT2D eigenvalue weighted by atomic mass is 10.0. The van der Waals surface area contributed by atoms with Crippen LogP contribution in [-0.2, 0) is 4.79 Å². The molecule has 1 atom stereocenters. The van der Waals surface area contributed by atoms with Crippen molar-refractivity contribution in [1.82, 2.24) is 5.32 Å². The van der Waals surface area contributed by atoms with Crippen LogP contribution in [0.15, 0.2) is 36.4 Å². The Kier molecular flexibility index (Phi) is 5.21. The molecule has 2 amide bonds. The summed E-state index contributed by atoms with van der Waals surface area (Å²) in [5.41, 5.74) is 1.56. The maximum Gasteiger partial charge on any atom is 0.262 e. The molecule has 1 aliphatic rings. The minimum atomic E-state index is -0.434. The number of amides is 2. The predicted octanol–water partition coefficient (Wildman–Crippen LogP) is 2.89. The molecular weight excluding hydrogens is 351 g/mol. The van der Waals surface area contributed by atoms with E-state index in [-0.39, 0.29) is 41.9 Å². The lowest BCUT2D eigenvalue weighted by Gasteiger charge is -2.12. The Morgan fingerprint density at radius 3 is 2.56 bits per heavy atom. The van der Waals surface area contributed by atoms with Crippen molar-refractivity contribution in [3.05, 3.63) is 58.9 Å². The Hall–Kier alpha value is -3.22. The topological polar surface area (TPSA) is 84.5 Å². The van der Waals surface area contributed by atoms with E-state index in [1.165, 1.54) is 19.2 Å². The van der Waals surface area contributed by atoms with Gasteiger partial charge in [-0.05, 0) is 42.3 Å². The normalized spacial score (nSPS) is 15.2. The number of anilines is 1. The van der Waals surface area contributed by atoms with E-state index in [0.717, 1.165) is 0 Å². The van der Waals surface area contributed by atoms with Gasteiger partial charge in [-0.2, -0.15) is 0 Å². The van der Waals surface area contributed by atoms with E-state index in [1.807, 2.05) is 0 Å². The fourth-order valence-corrected chi connectivity index (χ4v) is 3.14. The van der Waals surface area contributed by atoms with Crippen molar-refractivity contribution in [3.63, 3.8) is 0 Å². The fourth-order valence-electron chi connectivity index (χ4n) is 3.14. The summed E-state index contributed by atoms with van der Waals surface area (Å²) >= 11 is 0. The number of hydrogen-bond acceptors (Lipinski definition) is 4. The van der Waals surface area contributed by atoms with E-state index in [4.69, 9.17) is 4.74 Å². The van der Waals surface area contributed by atoms with E-state index in [9.17, 15) is 18.8 Å². The monoisotopic (exact) mass is 370 g/mol. The SMILES string of the molecule is CNC(=O)c1ccc(NC(=O)COc2ccc(F)c3c2C(=O)C[C@@H]3C)cc1. The molecule has 6 nitrogen and oxygen atoms in total. The average molecular weight is 370 g/mol. The van der Waals surface area contributed by atoms with Crippen LogP contribution in [0.4, 0.5) is 10.1 Å². The third-order valence-electron chi connectivity index (χ3n) is 4.43. The number of halogens is 1. The first kappa shape index (κ1) is 18.6. The number of nitrogens with one attached hydrogen (secondary N) is 2. The van der Waals surface area contributed by atoms with Gasteiger partial charge in [0.2, 0.25) is 0 Å². The molecule has 1 aliphatic carbocycles. The molecule has 140 valence electrons. The lowest BCUT2D eigenvalue weighted by molar-refractivity contribution is -0.118. The quantitative estimate of drug-likeness (QED) is 0.848. The van der Waals surface area contributed by atoms with E-state index in [1.54, 1.807) is 31.2 Å². The number of benzene rings is 2. The molecule has 0 radical (unpaired) electrons. The number of carbonyl (C=O) groups excluding carboxylic acids is 3. The zero-order valence-electron chi connectivity index (χ0n) is 15.0. The first-order chi connectivity index (χ1) is 12.9. The average Bonchev–Trinajstić information content (AvgIpc) is 2.96. The third kappa shape index (κ3) is 3.81. The summed E-state index contributed by atoms with van der Waals surface area (Å²) in [5.74, 6) is -1.26. The van der Waals surface area contributed by atoms with Crippen LogP contribution in [0.2, 0.25) is 0 Å². The van der Waals surface area contributed by atoms with Gasteiger partial charge in [0.1, 0.15) is 11.6 Å². The Morgan fingerprint density at radius 2 is 1.89 bits per heavy atom. The number of rotatable bonds is 5. The highest BCUT2D eigenvalue weighted by Gasteiger charge is 2.32.